The van der Waals surface area contributed by atoms with Crippen LogP contribution in [0.1, 0.15) is 5.56 Å². The number of nitrogens with one attached hydrogen (secondary N) is 1. The molecule has 1 saturated heterocycles. The van der Waals surface area contributed by atoms with Crippen molar-refractivity contribution in [2.75, 3.05) is 4.90 Å². The molecule has 7 nitrogen and oxygen atoms in total. The van der Waals surface area contributed by atoms with Gasteiger partial charge in [-0.05, 0) is 24.3 Å². The van der Waals surface area contributed by atoms with Gasteiger partial charge in [0.1, 0.15) is 5.57 Å². The van der Waals surface area contributed by atoms with E-state index in [1.807, 2.05) is 54.2 Å². The lowest BCUT2D eigenvalue weighted by Crippen LogP contribution is -2.54. The Balaban J connectivity index is 1.65. The first-order valence-corrected chi connectivity index (χ1v) is 9.34. The van der Waals surface area contributed by atoms with Crippen LogP contribution in [0.3, 0.4) is 0 Å². The number of carbonyl (C=O) groups excluding carboxylic acids is 3. The van der Waals surface area contributed by atoms with Crippen molar-refractivity contribution in [3.63, 3.8) is 0 Å². The highest BCUT2D eigenvalue weighted by Crippen LogP contribution is 2.29. The zero-order valence-corrected chi connectivity index (χ0v) is 16.0. The quantitative estimate of drug-likeness (QED) is 0.416. The highest BCUT2D eigenvalue weighted by molar-refractivity contribution is 6.40. The van der Waals surface area contributed by atoms with Crippen molar-refractivity contribution in [1.82, 2.24) is 14.9 Å². The van der Waals surface area contributed by atoms with Crippen LogP contribution < -0.4 is 10.2 Å². The van der Waals surface area contributed by atoms with E-state index in [2.05, 4.69) is 10.3 Å². The van der Waals surface area contributed by atoms with Crippen LogP contribution in [0.5, 0.6) is 0 Å². The van der Waals surface area contributed by atoms with Crippen LogP contribution in [0.2, 0.25) is 0 Å². The third-order valence-electron chi connectivity index (χ3n) is 5.18. The van der Waals surface area contributed by atoms with E-state index in [4.69, 9.17) is 0 Å². The number of urea groups is 1. The highest BCUT2D eigenvalue weighted by atomic mass is 16.2. The number of carbonyl (C=O) groups is 3. The molecule has 0 atom stereocenters. The summed E-state index contributed by atoms with van der Waals surface area (Å²) in [6, 6.07) is 15.7. The van der Waals surface area contributed by atoms with Crippen LogP contribution in [0.4, 0.5) is 10.5 Å². The highest BCUT2D eigenvalue weighted by Gasteiger charge is 2.37. The lowest BCUT2D eigenvalue weighted by Gasteiger charge is -2.26. The summed E-state index contributed by atoms with van der Waals surface area (Å²) in [5, 5.41) is 3.96. The van der Waals surface area contributed by atoms with E-state index in [0.29, 0.717) is 11.2 Å². The lowest BCUT2D eigenvalue weighted by molar-refractivity contribution is -0.122. The van der Waals surface area contributed by atoms with Gasteiger partial charge in [-0.2, -0.15) is 0 Å². The number of amides is 4. The molecule has 146 valence electrons. The topological polar surface area (TPSA) is 84.3 Å². The third kappa shape index (κ3) is 2.68. The number of hydrogen-bond acceptors (Lipinski definition) is 4. The molecule has 0 saturated carbocycles. The minimum Gasteiger partial charge on any atom is -0.350 e. The van der Waals surface area contributed by atoms with Crippen LogP contribution >= 0.6 is 0 Å². The van der Waals surface area contributed by atoms with Gasteiger partial charge in [0.2, 0.25) is 0 Å². The molecule has 2 aromatic heterocycles. The van der Waals surface area contributed by atoms with Gasteiger partial charge in [0.15, 0.2) is 0 Å². The molecule has 3 heterocycles. The Morgan fingerprint density at radius 3 is 2.63 bits per heavy atom. The molecule has 1 aliphatic heterocycles. The van der Waals surface area contributed by atoms with E-state index in [9.17, 15) is 14.4 Å². The van der Waals surface area contributed by atoms with Crippen molar-refractivity contribution >= 4 is 51.4 Å². The Hall–Kier alpha value is -4.26. The van der Waals surface area contributed by atoms with Gasteiger partial charge in [-0.3, -0.25) is 19.9 Å². The first-order chi connectivity index (χ1) is 14.5. The number of anilines is 1. The SMILES string of the molecule is Cn1cc(/C=C2/C(=O)NC(=O)N(c3cccc4cccnc34)C2=O)c2ccccc21. The summed E-state index contributed by atoms with van der Waals surface area (Å²) in [6.45, 7) is 0. The number of rotatable bonds is 2. The van der Waals surface area contributed by atoms with Crippen LogP contribution in [0.15, 0.2) is 72.6 Å². The minimum absolute atomic E-state index is 0.112. The summed E-state index contributed by atoms with van der Waals surface area (Å²) in [7, 11) is 1.89. The summed E-state index contributed by atoms with van der Waals surface area (Å²) in [4.78, 5) is 43.7. The Labute approximate surface area is 171 Å². The van der Waals surface area contributed by atoms with E-state index < -0.39 is 17.8 Å². The summed E-state index contributed by atoms with van der Waals surface area (Å²) in [5.74, 6) is -1.41. The fourth-order valence-corrected chi connectivity index (χ4v) is 3.79. The molecule has 4 aromatic rings. The number of para-hydroxylation sites is 2. The second kappa shape index (κ2) is 6.66. The number of fused-ring (bicyclic) bond motifs is 2. The number of nitrogens with zero attached hydrogens (tertiary/aromatic N) is 3. The molecule has 1 N–H and O–H groups in total. The zero-order valence-electron chi connectivity index (χ0n) is 16.0. The van der Waals surface area contributed by atoms with Crippen LogP contribution in [0.25, 0.3) is 27.9 Å². The van der Waals surface area contributed by atoms with Crippen LogP contribution in [-0.2, 0) is 16.6 Å². The number of aromatic nitrogens is 2. The zero-order chi connectivity index (χ0) is 20.8. The second-order valence-electron chi connectivity index (χ2n) is 7.02. The number of hydrogen-bond donors (Lipinski definition) is 1. The number of imide groups is 2. The van der Waals surface area contributed by atoms with Gasteiger partial charge >= 0.3 is 6.03 Å². The Kier molecular flexibility index (Phi) is 3.96. The van der Waals surface area contributed by atoms with Gasteiger partial charge in [-0.1, -0.05) is 36.4 Å². The van der Waals surface area contributed by atoms with Gasteiger partial charge in [-0.25, -0.2) is 9.69 Å². The van der Waals surface area contributed by atoms with Gasteiger partial charge < -0.3 is 4.57 Å². The van der Waals surface area contributed by atoms with Crippen molar-refractivity contribution in [2.24, 2.45) is 7.05 Å². The van der Waals surface area contributed by atoms with Crippen molar-refractivity contribution in [3.05, 3.63) is 78.1 Å². The molecule has 0 radical (unpaired) electrons. The molecule has 0 aliphatic carbocycles. The molecule has 1 fully saturated rings. The van der Waals surface area contributed by atoms with E-state index in [1.54, 1.807) is 24.4 Å². The molecule has 1 aliphatic rings. The maximum absolute atomic E-state index is 13.3. The first-order valence-electron chi connectivity index (χ1n) is 9.34. The number of benzene rings is 2. The van der Waals surface area contributed by atoms with Gasteiger partial charge in [0, 0.05) is 41.3 Å². The van der Waals surface area contributed by atoms with E-state index in [1.165, 1.54) is 6.08 Å². The molecule has 5 rings (SSSR count). The van der Waals surface area contributed by atoms with Crippen LogP contribution in [-0.4, -0.2) is 27.4 Å². The van der Waals surface area contributed by atoms with Gasteiger partial charge in [-0.15, -0.1) is 0 Å². The van der Waals surface area contributed by atoms with Gasteiger partial charge in [0.05, 0.1) is 11.2 Å². The molecule has 0 bridgehead atoms. The average Bonchev–Trinajstić information content (AvgIpc) is 3.07. The third-order valence-corrected chi connectivity index (χ3v) is 5.18. The number of barbiturate groups is 1. The smallest absolute Gasteiger partial charge is 0.336 e. The minimum atomic E-state index is -0.793. The monoisotopic (exact) mass is 396 g/mol. The molecule has 0 unspecified atom stereocenters. The molecule has 7 heteroatoms. The van der Waals surface area contributed by atoms with Crippen LogP contribution in [0, 0.1) is 0 Å². The second-order valence-corrected chi connectivity index (χ2v) is 7.02. The fraction of sp³-hybridized carbons (Fsp3) is 0.0435. The van der Waals surface area contributed by atoms with Crippen molar-refractivity contribution in [3.8, 4) is 0 Å². The Morgan fingerprint density at radius 1 is 0.967 bits per heavy atom. The normalized spacial score (nSPS) is 16.0. The maximum Gasteiger partial charge on any atom is 0.336 e. The van der Waals surface area contributed by atoms with E-state index in [-0.39, 0.29) is 5.57 Å². The maximum atomic E-state index is 13.3. The molecular formula is C23H16N4O3. The average molecular weight is 396 g/mol. The molecule has 30 heavy (non-hydrogen) atoms. The van der Waals surface area contributed by atoms with Gasteiger partial charge in [0.25, 0.3) is 11.8 Å². The summed E-state index contributed by atoms with van der Waals surface area (Å²) < 4.78 is 1.92. The van der Waals surface area contributed by atoms with Crippen molar-refractivity contribution < 1.29 is 14.4 Å². The van der Waals surface area contributed by atoms with E-state index in [0.717, 1.165) is 26.8 Å². The molecule has 0 spiro atoms. The largest absolute Gasteiger partial charge is 0.350 e. The predicted octanol–water partition coefficient (Wildman–Crippen LogP) is 3.39. The first kappa shape index (κ1) is 17.8. The summed E-state index contributed by atoms with van der Waals surface area (Å²) in [6.07, 6.45) is 4.96. The summed E-state index contributed by atoms with van der Waals surface area (Å²) >= 11 is 0. The number of aryl methyl sites for hydroxylation is 1. The predicted molar refractivity (Wildman–Crippen MR) is 114 cm³/mol. The van der Waals surface area contributed by atoms with Crippen molar-refractivity contribution in [1.29, 1.82) is 0 Å². The molecule has 4 amide bonds. The Bertz CT molecular complexity index is 1390. The Morgan fingerprint density at radius 2 is 1.77 bits per heavy atom. The number of pyridine rings is 1. The summed E-state index contributed by atoms with van der Waals surface area (Å²) in [5.41, 5.74) is 2.41. The lowest BCUT2D eigenvalue weighted by atomic mass is 10.1. The standard InChI is InChI=1S/C23H16N4O3/c1-26-13-15(16-8-2-3-9-18(16)26)12-17-21(28)25-23(30)27(22(17)29)19-10-4-6-14-7-5-11-24-20(14)19/h2-13H,1H3,(H,25,28,30)/b17-12-. The van der Waals surface area contributed by atoms with Crippen molar-refractivity contribution in [2.45, 2.75) is 0 Å². The fourth-order valence-electron chi connectivity index (χ4n) is 3.79. The molecular weight excluding hydrogens is 380 g/mol. The van der Waals surface area contributed by atoms with E-state index >= 15 is 0 Å². The molecule has 2 aromatic carbocycles.